The van der Waals surface area contributed by atoms with Crippen LogP contribution in [0.1, 0.15) is 41.3 Å². The second-order valence-corrected chi connectivity index (χ2v) is 6.60. The zero-order valence-electron chi connectivity index (χ0n) is 13.7. The topological polar surface area (TPSA) is 23.5 Å². The normalized spacial score (nSPS) is 23.8. The highest BCUT2D eigenvalue weighted by Gasteiger charge is 2.38. The smallest absolute Gasteiger partial charge is 0.0837 e. The number of likely N-dealkylation sites (N-methyl/N-ethyl adjacent to an activating group) is 1. The first kappa shape index (κ1) is 15.3. The van der Waals surface area contributed by atoms with E-state index in [2.05, 4.69) is 74.3 Å². The lowest BCUT2D eigenvalue weighted by Gasteiger charge is -2.29. The van der Waals surface area contributed by atoms with Crippen molar-refractivity contribution in [3.63, 3.8) is 0 Å². The molecule has 0 bridgehead atoms. The lowest BCUT2D eigenvalue weighted by atomic mass is 9.99. The van der Waals surface area contributed by atoms with Gasteiger partial charge >= 0.3 is 0 Å². The molecule has 1 N–H and O–H groups in total. The monoisotopic (exact) mass is 295 g/mol. The lowest BCUT2D eigenvalue weighted by molar-refractivity contribution is 0.0786. The summed E-state index contributed by atoms with van der Waals surface area (Å²) < 4.78 is 0. The maximum absolute atomic E-state index is 10.5. The van der Waals surface area contributed by atoms with Crippen molar-refractivity contribution >= 4 is 0 Å². The summed E-state index contributed by atoms with van der Waals surface area (Å²) in [6.45, 7) is 5.28. The van der Waals surface area contributed by atoms with Crippen molar-refractivity contribution in [2.45, 2.75) is 32.4 Å². The molecule has 0 aromatic heterocycles. The Morgan fingerprint density at radius 3 is 2.50 bits per heavy atom. The molecule has 0 radical (unpaired) electrons. The summed E-state index contributed by atoms with van der Waals surface area (Å²) in [5.41, 5.74) is 5.04. The number of aliphatic hydroxyl groups is 1. The minimum atomic E-state index is -0.347. The fourth-order valence-corrected chi connectivity index (χ4v) is 3.69. The highest BCUT2D eigenvalue weighted by Crippen LogP contribution is 2.46. The van der Waals surface area contributed by atoms with Gasteiger partial charge in [0.15, 0.2) is 0 Å². The Morgan fingerprint density at radius 2 is 1.77 bits per heavy atom. The van der Waals surface area contributed by atoms with Crippen molar-refractivity contribution in [1.29, 1.82) is 0 Å². The number of benzene rings is 2. The van der Waals surface area contributed by atoms with Crippen LogP contribution in [0, 0.1) is 12.8 Å². The van der Waals surface area contributed by atoms with Crippen molar-refractivity contribution in [3.8, 4) is 0 Å². The maximum atomic E-state index is 10.5. The molecule has 0 aliphatic heterocycles. The SMILES string of the molecule is Cc1ccc2c(c1)C(N(C)CCc1ccccc1)C(C)C2O. The van der Waals surface area contributed by atoms with Crippen LogP contribution in [0.3, 0.4) is 0 Å². The van der Waals surface area contributed by atoms with Gasteiger partial charge in [0.25, 0.3) is 0 Å². The van der Waals surface area contributed by atoms with E-state index in [1.807, 2.05) is 0 Å². The first-order valence-corrected chi connectivity index (χ1v) is 8.10. The summed E-state index contributed by atoms with van der Waals surface area (Å²) in [5.74, 6) is 0.234. The largest absolute Gasteiger partial charge is 0.388 e. The molecule has 3 rings (SSSR count). The molecular weight excluding hydrogens is 270 g/mol. The first-order chi connectivity index (χ1) is 10.6. The Morgan fingerprint density at radius 1 is 1.05 bits per heavy atom. The van der Waals surface area contributed by atoms with E-state index in [9.17, 15) is 5.11 Å². The van der Waals surface area contributed by atoms with E-state index in [1.165, 1.54) is 16.7 Å². The molecule has 0 fully saturated rings. The van der Waals surface area contributed by atoms with Crippen LogP contribution in [0.2, 0.25) is 0 Å². The molecule has 116 valence electrons. The van der Waals surface area contributed by atoms with Crippen LogP contribution in [0.5, 0.6) is 0 Å². The molecule has 1 aliphatic rings. The van der Waals surface area contributed by atoms with Crippen molar-refractivity contribution in [1.82, 2.24) is 4.90 Å². The van der Waals surface area contributed by atoms with Crippen molar-refractivity contribution in [2.24, 2.45) is 5.92 Å². The fraction of sp³-hybridized carbons (Fsp3) is 0.400. The first-order valence-electron chi connectivity index (χ1n) is 8.10. The summed E-state index contributed by atoms with van der Waals surface area (Å²) in [7, 11) is 2.17. The Bertz CT molecular complexity index is 637. The third kappa shape index (κ3) is 2.81. The second kappa shape index (κ2) is 6.23. The summed E-state index contributed by atoms with van der Waals surface area (Å²) >= 11 is 0. The van der Waals surface area contributed by atoms with Crippen LogP contribution < -0.4 is 0 Å². The lowest BCUT2D eigenvalue weighted by Crippen LogP contribution is -2.29. The molecule has 3 atom stereocenters. The third-order valence-corrected chi connectivity index (χ3v) is 4.95. The Kier molecular flexibility index (Phi) is 4.32. The van der Waals surface area contributed by atoms with E-state index in [0.29, 0.717) is 6.04 Å². The number of rotatable bonds is 4. The second-order valence-electron chi connectivity index (χ2n) is 6.60. The van der Waals surface area contributed by atoms with Crippen LogP contribution in [-0.4, -0.2) is 23.6 Å². The Labute approximate surface area is 133 Å². The van der Waals surface area contributed by atoms with Gasteiger partial charge in [0.1, 0.15) is 0 Å². The summed E-state index contributed by atoms with van der Waals surface area (Å²) in [5, 5.41) is 10.5. The van der Waals surface area contributed by atoms with Gasteiger partial charge in [0.05, 0.1) is 6.10 Å². The summed E-state index contributed by atoms with van der Waals surface area (Å²) in [6.07, 6.45) is 0.692. The quantitative estimate of drug-likeness (QED) is 0.925. The van der Waals surface area contributed by atoms with Gasteiger partial charge in [-0.25, -0.2) is 0 Å². The van der Waals surface area contributed by atoms with Crippen LogP contribution in [0.25, 0.3) is 0 Å². The molecule has 2 aromatic rings. The zero-order chi connectivity index (χ0) is 15.7. The van der Waals surface area contributed by atoms with Gasteiger partial charge in [0.2, 0.25) is 0 Å². The number of aliphatic hydroxyl groups excluding tert-OH is 1. The molecule has 0 amide bonds. The molecule has 0 heterocycles. The van der Waals surface area contributed by atoms with Crippen molar-refractivity contribution in [2.75, 3.05) is 13.6 Å². The Hall–Kier alpha value is -1.64. The van der Waals surface area contributed by atoms with Gasteiger partial charge < -0.3 is 5.11 Å². The number of fused-ring (bicyclic) bond motifs is 1. The average molecular weight is 295 g/mol. The van der Waals surface area contributed by atoms with E-state index in [0.717, 1.165) is 18.5 Å². The van der Waals surface area contributed by atoms with Crippen LogP contribution >= 0.6 is 0 Å². The van der Waals surface area contributed by atoms with Gasteiger partial charge in [0, 0.05) is 18.5 Å². The zero-order valence-corrected chi connectivity index (χ0v) is 13.7. The van der Waals surface area contributed by atoms with E-state index in [1.54, 1.807) is 0 Å². The van der Waals surface area contributed by atoms with Crippen LogP contribution in [0.15, 0.2) is 48.5 Å². The van der Waals surface area contributed by atoms with Gasteiger partial charge in [-0.15, -0.1) is 0 Å². The molecule has 0 spiro atoms. The minimum Gasteiger partial charge on any atom is -0.388 e. The van der Waals surface area contributed by atoms with Gasteiger partial charge in [-0.3, -0.25) is 4.90 Å². The standard InChI is InChI=1S/C20H25NO/c1-14-9-10-17-18(13-14)19(15(2)20(17)22)21(3)12-11-16-7-5-4-6-8-16/h4-10,13,15,19-20,22H,11-12H2,1-3H3. The number of hydrogen-bond acceptors (Lipinski definition) is 2. The van der Waals surface area contributed by atoms with Crippen LogP contribution in [-0.2, 0) is 6.42 Å². The van der Waals surface area contributed by atoms with Crippen molar-refractivity contribution in [3.05, 3.63) is 70.8 Å². The summed E-state index contributed by atoms with van der Waals surface area (Å²) in [4.78, 5) is 2.40. The van der Waals surface area contributed by atoms with E-state index in [-0.39, 0.29) is 12.0 Å². The average Bonchev–Trinajstić information content (AvgIpc) is 2.77. The molecule has 2 aromatic carbocycles. The van der Waals surface area contributed by atoms with Gasteiger partial charge in [-0.05, 0) is 37.1 Å². The molecular formula is C20H25NO. The summed E-state index contributed by atoms with van der Waals surface area (Å²) in [6, 6.07) is 17.3. The molecule has 2 heteroatoms. The fourth-order valence-electron chi connectivity index (χ4n) is 3.69. The van der Waals surface area contributed by atoms with E-state index >= 15 is 0 Å². The molecule has 22 heavy (non-hydrogen) atoms. The number of nitrogens with zero attached hydrogens (tertiary/aromatic N) is 1. The van der Waals surface area contributed by atoms with E-state index in [4.69, 9.17) is 0 Å². The van der Waals surface area contributed by atoms with Crippen molar-refractivity contribution < 1.29 is 5.11 Å². The number of aryl methyl sites for hydroxylation is 1. The van der Waals surface area contributed by atoms with Gasteiger partial charge in [-0.1, -0.05) is 61.0 Å². The predicted octanol–water partition coefficient (Wildman–Crippen LogP) is 3.89. The maximum Gasteiger partial charge on any atom is 0.0837 e. The Balaban J connectivity index is 1.78. The highest BCUT2D eigenvalue weighted by molar-refractivity contribution is 5.40. The molecule has 0 saturated carbocycles. The van der Waals surface area contributed by atoms with Crippen LogP contribution in [0.4, 0.5) is 0 Å². The van der Waals surface area contributed by atoms with Gasteiger partial charge in [-0.2, -0.15) is 0 Å². The molecule has 1 aliphatic carbocycles. The third-order valence-electron chi connectivity index (χ3n) is 4.95. The van der Waals surface area contributed by atoms with E-state index < -0.39 is 0 Å². The molecule has 2 nitrogen and oxygen atoms in total. The predicted molar refractivity (Wildman–Crippen MR) is 90.8 cm³/mol. The molecule has 3 unspecified atom stereocenters. The highest BCUT2D eigenvalue weighted by atomic mass is 16.3. The minimum absolute atomic E-state index is 0.234. The number of hydrogen-bond donors (Lipinski definition) is 1. The molecule has 0 saturated heterocycles.